The van der Waals surface area contributed by atoms with Crippen LogP contribution in [0.5, 0.6) is 0 Å². The number of carbonyl (C=O) groups excluding carboxylic acids is 2. The standard InChI is InChI=1S/C23H28FN3O2/c1-17(19-8-3-2-4-9-19)25-22(28)13-12-18-7-6-14-27(16-18)23(29)26-21-11-5-10-20(24)15-21/h2-5,8-11,15,17-18H,6-7,12-14,16H2,1H3,(H,25,28)(H,26,29)/t17-,18-/m1/s1. The lowest BCUT2D eigenvalue weighted by Crippen LogP contribution is -2.42. The Hall–Kier alpha value is -2.89. The summed E-state index contributed by atoms with van der Waals surface area (Å²) >= 11 is 0. The van der Waals surface area contributed by atoms with Crippen molar-refractivity contribution in [1.82, 2.24) is 10.2 Å². The van der Waals surface area contributed by atoms with Crippen molar-refractivity contribution in [2.24, 2.45) is 5.92 Å². The summed E-state index contributed by atoms with van der Waals surface area (Å²) in [5, 5.41) is 5.79. The van der Waals surface area contributed by atoms with Crippen molar-refractivity contribution >= 4 is 17.6 Å². The average Bonchev–Trinajstić information content (AvgIpc) is 2.73. The number of carbonyl (C=O) groups is 2. The third kappa shape index (κ3) is 6.31. The summed E-state index contributed by atoms with van der Waals surface area (Å²) in [5.74, 6) is -0.0578. The van der Waals surface area contributed by atoms with Crippen LogP contribution in [0.1, 0.15) is 44.2 Å². The van der Waals surface area contributed by atoms with Gasteiger partial charge in [-0.1, -0.05) is 36.4 Å². The minimum Gasteiger partial charge on any atom is -0.350 e. The van der Waals surface area contributed by atoms with Crippen LogP contribution in [0.15, 0.2) is 54.6 Å². The SMILES string of the molecule is C[C@@H](NC(=O)CC[C@H]1CCCN(C(=O)Nc2cccc(F)c2)C1)c1ccccc1. The van der Waals surface area contributed by atoms with Crippen LogP contribution in [0.25, 0.3) is 0 Å². The van der Waals surface area contributed by atoms with E-state index in [9.17, 15) is 14.0 Å². The molecule has 0 saturated carbocycles. The maximum atomic E-state index is 13.3. The Bertz CT molecular complexity index is 828. The normalized spacial score (nSPS) is 17.4. The number of hydrogen-bond acceptors (Lipinski definition) is 2. The molecule has 5 nitrogen and oxygen atoms in total. The van der Waals surface area contributed by atoms with E-state index < -0.39 is 0 Å². The van der Waals surface area contributed by atoms with Gasteiger partial charge in [0.2, 0.25) is 5.91 Å². The van der Waals surface area contributed by atoms with Crippen LogP contribution in [0.2, 0.25) is 0 Å². The average molecular weight is 397 g/mol. The van der Waals surface area contributed by atoms with Gasteiger partial charge in [0, 0.05) is 25.2 Å². The molecule has 154 valence electrons. The van der Waals surface area contributed by atoms with Gasteiger partial charge >= 0.3 is 6.03 Å². The summed E-state index contributed by atoms with van der Waals surface area (Å²) in [5.41, 5.74) is 1.53. The summed E-state index contributed by atoms with van der Waals surface area (Å²) in [6, 6.07) is 15.5. The molecule has 1 aliphatic rings. The molecule has 0 radical (unpaired) electrons. The smallest absolute Gasteiger partial charge is 0.321 e. The molecule has 0 bridgehead atoms. The number of rotatable bonds is 6. The van der Waals surface area contributed by atoms with Crippen molar-refractivity contribution in [3.8, 4) is 0 Å². The molecule has 3 rings (SSSR count). The van der Waals surface area contributed by atoms with Crippen molar-refractivity contribution in [3.05, 3.63) is 66.0 Å². The molecular weight excluding hydrogens is 369 g/mol. The van der Waals surface area contributed by atoms with E-state index in [-0.39, 0.29) is 23.8 Å². The summed E-state index contributed by atoms with van der Waals surface area (Å²) in [4.78, 5) is 26.5. The first-order valence-electron chi connectivity index (χ1n) is 10.2. The van der Waals surface area contributed by atoms with E-state index in [4.69, 9.17) is 0 Å². The zero-order valence-electron chi connectivity index (χ0n) is 16.7. The maximum absolute atomic E-state index is 13.3. The van der Waals surface area contributed by atoms with Crippen LogP contribution in [-0.4, -0.2) is 29.9 Å². The first kappa shape index (κ1) is 20.8. The fraction of sp³-hybridized carbons (Fsp3) is 0.391. The Kier molecular flexibility index (Phi) is 7.22. The fourth-order valence-corrected chi connectivity index (χ4v) is 3.73. The van der Waals surface area contributed by atoms with Crippen molar-refractivity contribution in [2.45, 2.75) is 38.6 Å². The van der Waals surface area contributed by atoms with Crippen LogP contribution in [-0.2, 0) is 4.79 Å². The second-order valence-electron chi connectivity index (χ2n) is 7.63. The molecule has 2 N–H and O–H groups in total. The molecule has 2 aromatic carbocycles. The van der Waals surface area contributed by atoms with E-state index in [1.165, 1.54) is 12.1 Å². The highest BCUT2D eigenvalue weighted by atomic mass is 19.1. The number of anilines is 1. The minimum absolute atomic E-state index is 0.0244. The van der Waals surface area contributed by atoms with Crippen molar-refractivity contribution in [2.75, 3.05) is 18.4 Å². The molecule has 1 aliphatic heterocycles. The van der Waals surface area contributed by atoms with Crippen molar-refractivity contribution in [1.29, 1.82) is 0 Å². The number of urea groups is 1. The van der Waals surface area contributed by atoms with E-state index in [0.29, 0.717) is 31.1 Å². The predicted octanol–water partition coefficient (Wildman–Crippen LogP) is 4.73. The lowest BCUT2D eigenvalue weighted by Gasteiger charge is -2.32. The van der Waals surface area contributed by atoms with E-state index in [1.807, 2.05) is 37.3 Å². The van der Waals surface area contributed by atoms with E-state index >= 15 is 0 Å². The van der Waals surface area contributed by atoms with E-state index in [2.05, 4.69) is 10.6 Å². The first-order valence-corrected chi connectivity index (χ1v) is 10.2. The van der Waals surface area contributed by atoms with E-state index in [0.717, 1.165) is 24.8 Å². The van der Waals surface area contributed by atoms with Gasteiger partial charge in [-0.15, -0.1) is 0 Å². The highest BCUT2D eigenvalue weighted by molar-refractivity contribution is 5.89. The van der Waals surface area contributed by atoms with Gasteiger partial charge < -0.3 is 15.5 Å². The van der Waals surface area contributed by atoms with E-state index in [1.54, 1.807) is 17.0 Å². The summed E-state index contributed by atoms with van der Waals surface area (Å²) in [6.45, 7) is 3.27. The number of nitrogens with one attached hydrogen (secondary N) is 2. The number of nitrogens with zero attached hydrogens (tertiary/aromatic N) is 1. The van der Waals surface area contributed by atoms with Gasteiger partial charge in [-0.3, -0.25) is 4.79 Å². The van der Waals surface area contributed by atoms with Crippen LogP contribution in [0.4, 0.5) is 14.9 Å². The third-order valence-electron chi connectivity index (χ3n) is 5.34. The van der Waals surface area contributed by atoms with Crippen LogP contribution < -0.4 is 10.6 Å². The molecular formula is C23H28FN3O2. The topological polar surface area (TPSA) is 61.4 Å². The van der Waals surface area contributed by atoms with Gasteiger partial charge in [-0.25, -0.2) is 9.18 Å². The Balaban J connectivity index is 1.44. The summed E-state index contributed by atoms with van der Waals surface area (Å²) in [6.07, 6.45) is 3.10. The molecule has 29 heavy (non-hydrogen) atoms. The van der Waals surface area contributed by atoms with Crippen LogP contribution in [0.3, 0.4) is 0 Å². The molecule has 1 fully saturated rings. The summed E-state index contributed by atoms with van der Waals surface area (Å²) in [7, 11) is 0. The number of piperidine rings is 1. The molecule has 6 heteroatoms. The second-order valence-corrected chi connectivity index (χ2v) is 7.63. The van der Waals surface area contributed by atoms with Crippen molar-refractivity contribution < 1.29 is 14.0 Å². The first-order chi connectivity index (χ1) is 14.0. The third-order valence-corrected chi connectivity index (χ3v) is 5.34. The predicted molar refractivity (Wildman–Crippen MR) is 112 cm³/mol. The maximum Gasteiger partial charge on any atom is 0.321 e. The molecule has 3 amide bonds. The Morgan fingerprint density at radius 2 is 1.97 bits per heavy atom. The minimum atomic E-state index is -0.380. The monoisotopic (exact) mass is 397 g/mol. The summed E-state index contributed by atoms with van der Waals surface area (Å²) < 4.78 is 13.3. The zero-order chi connectivity index (χ0) is 20.6. The molecule has 0 aliphatic carbocycles. The number of amides is 3. The lowest BCUT2D eigenvalue weighted by molar-refractivity contribution is -0.122. The molecule has 1 heterocycles. The van der Waals surface area contributed by atoms with Crippen molar-refractivity contribution in [3.63, 3.8) is 0 Å². The molecule has 1 saturated heterocycles. The molecule has 2 aromatic rings. The van der Waals surface area contributed by atoms with Gasteiger partial charge in [0.25, 0.3) is 0 Å². The van der Waals surface area contributed by atoms with Gasteiger partial charge in [0.05, 0.1) is 6.04 Å². The molecule has 0 aromatic heterocycles. The zero-order valence-corrected chi connectivity index (χ0v) is 16.7. The quantitative estimate of drug-likeness (QED) is 0.740. The van der Waals surface area contributed by atoms with Gasteiger partial charge in [0.1, 0.15) is 5.82 Å². The fourth-order valence-electron chi connectivity index (χ4n) is 3.73. The molecule has 0 spiro atoms. The number of hydrogen-bond donors (Lipinski definition) is 2. The number of benzene rings is 2. The second kappa shape index (κ2) is 10.0. The molecule has 0 unspecified atom stereocenters. The van der Waals surface area contributed by atoms with Gasteiger partial charge in [-0.2, -0.15) is 0 Å². The highest BCUT2D eigenvalue weighted by Crippen LogP contribution is 2.22. The van der Waals surface area contributed by atoms with Gasteiger partial charge in [0.15, 0.2) is 0 Å². The Labute approximate surface area is 171 Å². The van der Waals surface area contributed by atoms with Crippen LogP contribution >= 0.6 is 0 Å². The number of halogens is 1. The largest absolute Gasteiger partial charge is 0.350 e. The number of likely N-dealkylation sites (tertiary alicyclic amines) is 1. The Morgan fingerprint density at radius 1 is 1.17 bits per heavy atom. The highest BCUT2D eigenvalue weighted by Gasteiger charge is 2.24. The lowest BCUT2D eigenvalue weighted by atomic mass is 9.93. The van der Waals surface area contributed by atoms with Gasteiger partial charge in [-0.05, 0) is 55.9 Å². The molecule has 2 atom stereocenters. The van der Waals surface area contributed by atoms with Crippen LogP contribution in [0, 0.1) is 11.7 Å². The Morgan fingerprint density at radius 3 is 2.72 bits per heavy atom.